The quantitative estimate of drug-likeness (QED) is 0.694. The highest BCUT2D eigenvalue weighted by atomic mass is 32.1. The Morgan fingerprint density at radius 1 is 1.43 bits per heavy atom. The second kappa shape index (κ2) is 4.66. The Kier molecular flexibility index (Phi) is 2.78. The first-order valence-electron chi connectivity index (χ1n) is 6.79. The van der Waals surface area contributed by atoms with Crippen LogP contribution in [0.4, 0.5) is 0 Å². The minimum atomic E-state index is 0.501. The molecular formula is C15H13N3O2S. The molecular weight excluding hydrogens is 286 g/mol. The summed E-state index contributed by atoms with van der Waals surface area (Å²) in [6.45, 7) is 0. The predicted molar refractivity (Wildman–Crippen MR) is 80.2 cm³/mol. The summed E-state index contributed by atoms with van der Waals surface area (Å²) in [5.41, 5.74) is 2.02. The van der Waals surface area contributed by atoms with E-state index in [4.69, 9.17) is 4.74 Å². The van der Waals surface area contributed by atoms with Crippen LogP contribution in [0.5, 0.6) is 5.75 Å². The van der Waals surface area contributed by atoms with Crippen molar-refractivity contribution in [3.63, 3.8) is 0 Å². The van der Waals surface area contributed by atoms with Gasteiger partial charge in [0.25, 0.3) is 0 Å². The molecule has 1 aliphatic carbocycles. The second-order valence-corrected chi connectivity index (χ2v) is 6.09. The van der Waals surface area contributed by atoms with E-state index in [1.54, 1.807) is 23.0 Å². The Hall–Kier alpha value is -2.21. The summed E-state index contributed by atoms with van der Waals surface area (Å²) in [7, 11) is 1.62. The molecule has 2 aromatic heterocycles. The summed E-state index contributed by atoms with van der Waals surface area (Å²) in [4.78, 5) is 16.9. The molecule has 0 amide bonds. The van der Waals surface area contributed by atoms with Gasteiger partial charge in [-0.05, 0) is 25.0 Å². The van der Waals surface area contributed by atoms with E-state index in [0.29, 0.717) is 17.3 Å². The van der Waals surface area contributed by atoms with E-state index in [9.17, 15) is 4.79 Å². The molecule has 0 saturated heterocycles. The van der Waals surface area contributed by atoms with Crippen molar-refractivity contribution in [2.75, 3.05) is 7.11 Å². The lowest BCUT2D eigenvalue weighted by Crippen LogP contribution is -1.95. The Morgan fingerprint density at radius 3 is 3.00 bits per heavy atom. The SMILES string of the molecule is COc1cccc(-c2nc3sc(C4CC4)nn3c2C=O)c1. The molecule has 0 aliphatic heterocycles. The summed E-state index contributed by atoms with van der Waals surface area (Å²) in [6.07, 6.45) is 3.21. The standard InChI is InChI=1S/C15H13N3O2S/c1-20-11-4-2-3-10(7-11)13-12(8-19)18-15(16-13)21-14(17-18)9-5-6-9/h2-4,7-9H,5-6H2,1H3. The fourth-order valence-corrected chi connectivity index (χ4v) is 3.44. The van der Waals surface area contributed by atoms with E-state index in [1.807, 2.05) is 24.3 Å². The number of aromatic nitrogens is 3. The molecule has 21 heavy (non-hydrogen) atoms. The zero-order valence-corrected chi connectivity index (χ0v) is 12.3. The van der Waals surface area contributed by atoms with Crippen LogP contribution in [0.25, 0.3) is 16.2 Å². The molecule has 1 aromatic carbocycles. The molecule has 0 spiro atoms. The summed E-state index contributed by atoms with van der Waals surface area (Å²) in [6, 6.07) is 7.55. The van der Waals surface area contributed by atoms with Gasteiger partial charge >= 0.3 is 0 Å². The van der Waals surface area contributed by atoms with Gasteiger partial charge in [0.2, 0.25) is 4.96 Å². The maximum absolute atomic E-state index is 11.5. The van der Waals surface area contributed by atoms with Gasteiger partial charge in [-0.3, -0.25) is 4.79 Å². The molecule has 0 radical (unpaired) electrons. The number of rotatable bonds is 4. The number of carbonyl (C=O) groups is 1. The average molecular weight is 299 g/mol. The zero-order valence-electron chi connectivity index (χ0n) is 11.4. The molecule has 0 bridgehead atoms. The van der Waals surface area contributed by atoms with Gasteiger partial charge in [0.15, 0.2) is 6.29 Å². The molecule has 5 nitrogen and oxygen atoms in total. The van der Waals surface area contributed by atoms with E-state index in [-0.39, 0.29) is 0 Å². The number of nitrogens with zero attached hydrogens (tertiary/aromatic N) is 3. The van der Waals surface area contributed by atoms with E-state index >= 15 is 0 Å². The molecule has 1 aliphatic rings. The molecule has 4 rings (SSSR count). The van der Waals surface area contributed by atoms with Crippen molar-refractivity contribution in [3.8, 4) is 17.0 Å². The Morgan fingerprint density at radius 2 is 2.29 bits per heavy atom. The third kappa shape index (κ3) is 2.03. The number of ether oxygens (including phenoxy) is 1. The van der Waals surface area contributed by atoms with Crippen molar-refractivity contribution >= 4 is 22.6 Å². The summed E-state index contributed by atoms with van der Waals surface area (Å²) >= 11 is 1.57. The maximum Gasteiger partial charge on any atom is 0.213 e. The fourth-order valence-electron chi connectivity index (χ4n) is 2.36. The maximum atomic E-state index is 11.5. The first-order valence-corrected chi connectivity index (χ1v) is 7.61. The minimum Gasteiger partial charge on any atom is -0.497 e. The summed E-state index contributed by atoms with van der Waals surface area (Å²) < 4.78 is 6.90. The molecule has 106 valence electrons. The first kappa shape index (κ1) is 12.5. The molecule has 1 saturated carbocycles. The largest absolute Gasteiger partial charge is 0.497 e. The van der Waals surface area contributed by atoms with Crippen LogP contribution in [-0.4, -0.2) is 28.0 Å². The molecule has 3 aromatic rings. The second-order valence-electron chi connectivity index (χ2n) is 5.10. The smallest absolute Gasteiger partial charge is 0.213 e. The number of fused-ring (bicyclic) bond motifs is 1. The highest BCUT2D eigenvalue weighted by Gasteiger charge is 2.29. The summed E-state index contributed by atoms with van der Waals surface area (Å²) in [5.74, 6) is 1.31. The Bertz CT molecular complexity index is 833. The molecule has 2 heterocycles. The number of benzene rings is 1. The van der Waals surface area contributed by atoms with E-state index in [1.165, 1.54) is 12.8 Å². The van der Waals surface area contributed by atoms with Gasteiger partial charge in [0, 0.05) is 11.5 Å². The number of aldehydes is 1. The van der Waals surface area contributed by atoms with Crippen molar-refractivity contribution in [1.82, 2.24) is 14.6 Å². The van der Waals surface area contributed by atoms with Crippen molar-refractivity contribution in [1.29, 1.82) is 0 Å². The first-order chi connectivity index (χ1) is 10.3. The average Bonchev–Trinajstić information content (AvgIpc) is 3.19. The topological polar surface area (TPSA) is 56.5 Å². The number of hydrogen-bond donors (Lipinski definition) is 0. The lowest BCUT2D eigenvalue weighted by atomic mass is 10.1. The van der Waals surface area contributed by atoms with E-state index in [2.05, 4.69) is 10.1 Å². The molecule has 1 fully saturated rings. The van der Waals surface area contributed by atoms with Crippen LogP contribution in [0.15, 0.2) is 24.3 Å². The van der Waals surface area contributed by atoms with Gasteiger partial charge in [-0.2, -0.15) is 9.61 Å². The number of imidazole rings is 1. The normalized spacial score (nSPS) is 14.5. The van der Waals surface area contributed by atoms with Crippen molar-refractivity contribution in [3.05, 3.63) is 35.0 Å². The molecule has 0 N–H and O–H groups in total. The van der Waals surface area contributed by atoms with Crippen LogP contribution < -0.4 is 4.74 Å². The molecule has 0 unspecified atom stereocenters. The summed E-state index contributed by atoms with van der Waals surface area (Å²) in [5, 5.41) is 5.63. The van der Waals surface area contributed by atoms with Crippen LogP contribution in [0.1, 0.15) is 34.3 Å². The third-order valence-corrected chi connectivity index (χ3v) is 4.71. The number of carbonyl (C=O) groups excluding carboxylic acids is 1. The van der Waals surface area contributed by atoms with Crippen LogP contribution >= 0.6 is 11.3 Å². The predicted octanol–water partition coefficient (Wildman–Crippen LogP) is 3.16. The number of hydrogen-bond acceptors (Lipinski definition) is 5. The molecule has 0 atom stereocenters. The van der Waals surface area contributed by atoms with Gasteiger partial charge < -0.3 is 4.74 Å². The van der Waals surface area contributed by atoms with Crippen molar-refractivity contribution < 1.29 is 9.53 Å². The lowest BCUT2D eigenvalue weighted by molar-refractivity contribution is 0.111. The van der Waals surface area contributed by atoms with Crippen LogP contribution in [0.2, 0.25) is 0 Å². The fraction of sp³-hybridized carbons (Fsp3) is 0.267. The highest BCUT2D eigenvalue weighted by molar-refractivity contribution is 7.16. The lowest BCUT2D eigenvalue weighted by Gasteiger charge is -2.02. The molecule has 6 heteroatoms. The monoisotopic (exact) mass is 299 g/mol. The van der Waals surface area contributed by atoms with Gasteiger partial charge in [-0.15, -0.1) is 0 Å². The third-order valence-electron chi connectivity index (χ3n) is 3.64. The zero-order chi connectivity index (χ0) is 14.4. The van der Waals surface area contributed by atoms with Gasteiger partial charge in [-0.1, -0.05) is 23.5 Å². The van der Waals surface area contributed by atoms with Crippen molar-refractivity contribution in [2.24, 2.45) is 0 Å². The van der Waals surface area contributed by atoms with Crippen LogP contribution in [0.3, 0.4) is 0 Å². The van der Waals surface area contributed by atoms with Gasteiger partial charge in [0.1, 0.15) is 22.1 Å². The number of methoxy groups -OCH3 is 1. The van der Waals surface area contributed by atoms with Gasteiger partial charge in [0.05, 0.1) is 7.11 Å². The van der Waals surface area contributed by atoms with Crippen molar-refractivity contribution in [2.45, 2.75) is 18.8 Å². The van der Waals surface area contributed by atoms with Crippen LogP contribution in [-0.2, 0) is 0 Å². The van der Waals surface area contributed by atoms with Gasteiger partial charge in [-0.25, -0.2) is 4.98 Å². The van der Waals surface area contributed by atoms with Crippen LogP contribution in [0, 0.1) is 0 Å². The van der Waals surface area contributed by atoms with E-state index < -0.39 is 0 Å². The Labute approximate surface area is 125 Å². The van der Waals surface area contributed by atoms with E-state index in [0.717, 1.165) is 27.6 Å². The highest BCUT2D eigenvalue weighted by Crippen LogP contribution is 2.42. The minimum absolute atomic E-state index is 0.501. The Balaban J connectivity index is 1.87.